The highest BCUT2D eigenvalue weighted by atomic mass is 32.2. The summed E-state index contributed by atoms with van der Waals surface area (Å²) >= 11 is 3.53. The maximum absolute atomic E-state index is 4.62. The SMILES string of the molecule is CCC1CSC(NC(C)c2nc(C)cs2)=N1. The fourth-order valence-electron chi connectivity index (χ4n) is 1.52. The van der Waals surface area contributed by atoms with Gasteiger partial charge in [0.15, 0.2) is 5.17 Å². The van der Waals surface area contributed by atoms with Gasteiger partial charge in [0.1, 0.15) is 5.01 Å². The molecule has 0 aromatic carbocycles. The number of thioether (sulfide) groups is 1. The highest BCUT2D eigenvalue weighted by molar-refractivity contribution is 8.14. The van der Waals surface area contributed by atoms with Gasteiger partial charge in [0.2, 0.25) is 0 Å². The lowest BCUT2D eigenvalue weighted by Gasteiger charge is -2.11. The van der Waals surface area contributed by atoms with Crippen molar-refractivity contribution in [2.45, 2.75) is 39.3 Å². The van der Waals surface area contributed by atoms with E-state index in [-0.39, 0.29) is 6.04 Å². The van der Waals surface area contributed by atoms with Crippen LogP contribution in [-0.4, -0.2) is 21.9 Å². The van der Waals surface area contributed by atoms with Crippen LogP contribution in [0.2, 0.25) is 0 Å². The van der Waals surface area contributed by atoms with E-state index < -0.39 is 0 Å². The maximum Gasteiger partial charge on any atom is 0.157 e. The lowest BCUT2D eigenvalue weighted by Crippen LogP contribution is -2.22. The molecule has 1 aromatic rings. The fraction of sp³-hybridized carbons (Fsp3) is 0.636. The predicted octanol–water partition coefficient (Wildman–Crippen LogP) is 2.98. The number of nitrogens with one attached hydrogen (secondary N) is 1. The Morgan fingerprint density at radius 2 is 2.44 bits per heavy atom. The van der Waals surface area contributed by atoms with Gasteiger partial charge >= 0.3 is 0 Å². The summed E-state index contributed by atoms with van der Waals surface area (Å²) in [6.07, 6.45) is 1.13. The Morgan fingerprint density at radius 1 is 1.62 bits per heavy atom. The zero-order valence-electron chi connectivity index (χ0n) is 9.86. The summed E-state index contributed by atoms with van der Waals surface area (Å²) in [5, 5.41) is 7.74. The van der Waals surface area contributed by atoms with E-state index in [0.29, 0.717) is 6.04 Å². The average Bonchev–Trinajstić information content (AvgIpc) is 2.87. The number of hydrogen-bond donors (Lipinski definition) is 1. The van der Waals surface area contributed by atoms with Crippen LogP contribution >= 0.6 is 23.1 Å². The second kappa shape index (κ2) is 5.19. The lowest BCUT2D eigenvalue weighted by molar-refractivity contribution is 0.696. The molecule has 1 aromatic heterocycles. The van der Waals surface area contributed by atoms with E-state index in [4.69, 9.17) is 0 Å². The number of hydrogen-bond acceptors (Lipinski definition) is 5. The summed E-state index contributed by atoms with van der Waals surface area (Å²) in [6, 6.07) is 0.762. The van der Waals surface area contributed by atoms with Gasteiger partial charge in [-0.2, -0.15) is 0 Å². The zero-order chi connectivity index (χ0) is 11.5. The monoisotopic (exact) mass is 255 g/mol. The Morgan fingerprint density at radius 3 is 3.00 bits per heavy atom. The van der Waals surface area contributed by atoms with Crippen LogP contribution in [0.3, 0.4) is 0 Å². The lowest BCUT2D eigenvalue weighted by atomic mass is 10.3. The molecule has 0 amide bonds. The van der Waals surface area contributed by atoms with Crippen LogP contribution in [0.1, 0.15) is 37.0 Å². The van der Waals surface area contributed by atoms with Gasteiger partial charge in [0, 0.05) is 16.8 Å². The van der Waals surface area contributed by atoms with Crippen LogP contribution < -0.4 is 5.32 Å². The number of amidine groups is 1. The van der Waals surface area contributed by atoms with Gasteiger partial charge < -0.3 is 5.32 Å². The molecule has 0 radical (unpaired) electrons. The third-order valence-electron chi connectivity index (χ3n) is 2.53. The molecule has 3 nitrogen and oxygen atoms in total. The van der Waals surface area contributed by atoms with E-state index in [2.05, 4.69) is 34.5 Å². The zero-order valence-corrected chi connectivity index (χ0v) is 11.5. The van der Waals surface area contributed by atoms with E-state index in [1.807, 2.05) is 18.7 Å². The fourth-order valence-corrected chi connectivity index (χ4v) is 3.47. The molecule has 2 heterocycles. The van der Waals surface area contributed by atoms with Crippen LogP contribution in [-0.2, 0) is 0 Å². The summed E-state index contributed by atoms with van der Waals surface area (Å²) in [5.74, 6) is 1.11. The topological polar surface area (TPSA) is 37.3 Å². The van der Waals surface area contributed by atoms with Crippen molar-refractivity contribution >= 4 is 28.3 Å². The quantitative estimate of drug-likeness (QED) is 0.902. The molecule has 0 bridgehead atoms. The molecular formula is C11H17N3S2. The molecule has 0 fully saturated rings. The summed E-state index contributed by atoms with van der Waals surface area (Å²) in [4.78, 5) is 9.11. The van der Waals surface area contributed by atoms with Crippen LogP contribution in [0.4, 0.5) is 0 Å². The molecule has 0 saturated heterocycles. The van der Waals surface area contributed by atoms with Gasteiger partial charge in [-0.25, -0.2) is 4.98 Å². The van der Waals surface area contributed by atoms with Crippen LogP contribution in [0.15, 0.2) is 10.4 Å². The van der Waals surface area contributed by atoms with E-state index in [0.717, 1.165) is 28.0 Å². The number of aliphatic imine (C=N–C) groups is 1. The second-order valence-corrected chi connectivity index (χ2v) is 5.90. The van der Waals surface area contributed by atoms with Gasteiger partial charge in [0.25, 0.3) is 0 Å². The summed E-state index contributed by atoms with van der Waals surface area (Å²) in [7, 11) is 0. The minimum atomic E-state index is 0.264. The number of aromatic nitrogens is 1. The molecule has 2 unspecified atom stereocenters. The van der Waals surface area contributed by atoms with Crippen molar-refractivity contribution in [3.63, 3.8) is 0 Å². The van der Waals surface area contributed by atoms with Crippen molar-refractivity contribution in [2.24, 2.45) is 4.99 Å². The molecule has 0 spiro atoms. The van der Waals surface area contributed by atoms with Crippen LogP contribution in [0.5, 0.6) is 0 Å². The third-order valence-corrected chi connectivity index (χ3v) is 4.72. The standard InChI is InChI=1S/C11H17N3S2/c1-4-9-6-16-11(14-9)13-8(3)10-12-7(2)5-15-10/h5,8-9H,4,6H2,1-3H3,(H,13,14). The number of thiazole rings is 1. The Hall–Kier alpha value is -0.550. The molecule has 2 rings (SSSR count). The van der Waals surface area contributed by atoms with Gasteiger partial charge in [-0.05, 0) is 20.3 Å². The molecule has 0 aliphatic carbocycles. The van der Waals surface area contributed by atoms with E-state index in [1.54, 1.807) is 11.3 Å². The minimum Gasteiger partial charge on any atom is -0.356 e. The van der Waals surface area contributed by atoms with Crippen molar-refractivity contribution in [1.29, 1.82) is 0 Å². The van der Waals surface area contributed by atoms with E-state index in [9.17, 15) is 0 Å². The van der Waals surface area contributed by atoms with E-state index >= 15 is 0 Å². The first-order chi connectivity index (χ1) is 7.69. The molecule has 2 atom stereocenters. The molecule has 5 heteroatoms. The summed E-state index contributed by atoms with van der Waals surface area (Å²) in [6.45, 7) is 6.35. The molecule has 0 saturated carbocycles. The van der Waals surface area contributed by atoms with Gasteiger partial charge in [-0.15, -0.1) is 11.3 Å². The van der Waals surface area contributed by atoms with Crippen molar-refractivity contribution in [1.82, 2.24) is 10.3 Å². The Bertz CT molecular complexity index is 386. The van der Waals surface area contributed by atoms with Gasteiger partial charge in [-0.1, -0.05) is 18.7 Å². The third kappa shape index (κ3) is 2.77. The van der Waals surface area contributed by atoms with Crippen molar-refractivity contribution in [2.75, 3.05) is 5.75 Å². The van der Waals surface area contributed by atoms with Crippen molar-refractivity contribution in [3.05, 3.63) is 16.1 Å². The largest absolute Gasteiger partial charge is 0.356 e. The minimum absolute atomic E-state index is 0.264. The highest BCUT2D eigenvalue weighted by Gasteiger charge is 2.19. The van der Waals surface area contributed by atoms with Crippen molar-refractivity contribution in [3.8, 4) is 0 Å². The first-order valence-corrected chi connectivity index (χ1v) is 7.44. The number of nitrogens with zero attached hydrogens (tertiary/aromatic N) is 2. The van der Waals surface area contributed by atoms with Crippen molar-refractivity contribution < 1.29 is 0 Å². The Balaban J connectivity index is 1.95. The van der Waals surface area contributed by atoms with Gasteiger partial charge in [-0.3, -0.25) is 4.99 Å². The van der Waals surface area contributed by atoms with Crippen LogP contribution in [0, 0.1) is 6.92 Å². The molecule has 1 aliphatic heterocycles. The summed E-state index contributed by atoms with van der Waals surface area (Å²) < 4.78 is 0. The number of rotatable bonds is 3. The molecule has 1 N–H and O–H groups in total. The predicted molar refractivity (Wildman–Crippen MR) is 72.4 cm³/mol. The average molecular weight is 255 g/mol. The maximum atomic E-state index is 4.62. The number of aryl methyl sites for hydroxylation is 1. The van der Waals surface area contributed by atoms with Crippen LogP contribution in [0.25, 0.3) is 0 Å². The normalized spacial score (nSPS) is 21.9. The second-order valence-electron chi connectivity index (χ2n) is 4.00. The van der Waals surface area contributed by atoms with Gasteiger partial charge in [0.05, 0.1) is 12.1 Å². The molecule has 1 aliphatic rings. The molecule has 88 valence electrons. The highest BCUT2D eigenvalue weighted by Crippen LogP contribution is 2.23. The Kier molecular flexibility index (Phi) is 3.86. The molecule has 16 heavy (non-hydrogen) atoms. The Labute approximate surface area is 105 Å². The smallest absolute Gasteiger partial charge is 0.157 e. The first-order valence-electron chi connectivity index (χ1n) is 5.58. The summed E-state index contributed by atoms with van der Waals surface area (Å²) in [5.41, 5.74) is 1.10. The first kappa shape index (κ1) is 11.9. The molecular weight excluding hydrogens is 238 g/mol. The van der Waals surface area contributed by atoms with E-state index in [1.165, 1.54) is 0 Å².